The number of nitriles is 1. The van der Waals surface area contributed by atoms with Gasteiger partial charge in [-0.3, -0.25) is 4.79 Å². The average molecular weight is 397 g/mol. The lowest BCUT2D eigenvalue weighted by atomic mass is 10.0. The van der Waals surface area contributed by atoms with Crippen LogP contribution in [0.1, 0.15) is 15.9 Å². The van der Waals surface area contributed by atoms with Crippen LogP contribution in [0.3, 0.4) is 0 Å². The minimum absolute atomic E-state index is 0.0156. The lowest BCUT2D eigenvalue weighted by Crippen LogP contribution is -2.01. The van der Waals surface area contributed by atoms with Crippen molar-refractivity contribution < 1.29 is 14.6 Å². The number of nitrogens with one attached hydrogen (secondary N) is 1. The molecule has 2 N–H and O–H groups in total. The molecule has 0 aliphatic rings. The number of aromatic amines is 1. The van der Waals surface area contributed by atoms with E-state index >= 15 is 0 Å². The van der Waals surface area contributed by atoms with Crippen LogP contribution in [0.2, 0.25) is 0 Å². The van der Waals surface area contributed by atoms with Gasteiger partial charge in [-0.05, 0) is 29.8 Å². The number of phenols is 1. The number of benzene rings is 2. The summed E-state index contributed by atoms with van der Waals surface area (Å²) in [5.74, 6) is -0.154. The van der Waals surface area contributed by atoms with Crippen molar-refractivity contribution in [3.63, 3.8) is 0 Å². The minimum Gasteiger partial charge on any atom is -0.504 e. The third-order valence-corrected chi connectivity index (χ3v) is 4.48. The quantitative estimate of drug-likeness (QED) is 0.387. The molecule has 0 unspecified atom stereocenters. The third-order valence-electron chi connectivity index (χ3n) is 3.80. The molecule has 0 atom stereocenters. The van der Waals surface area contributed by atoms with Crippen LogP contribution in [-0.4, -0.2) is 23.0 Å². The Kier molecular flexibility index (Phi) is 4.59. The molecule has 0 saturated carbocycles. The van der Waals surface area contributed by atoms with Gasteiger partial charge in [-0.25, -0.2) is 0 Å². The first-order valence-corrected chi connectivity index (χ1v) is 8.13. The lowest BCUT2D eigenvalue weighted by Gasteiger charge is -2.07. The Morgan fingerprint density at radius 1 is 1.36 bits per heavy atom. The van der Waals surface area contributed by atoms with E-state index in [2.05, 4.69) is 20.9 Å². The Labute approximate surface area is 152 Å². The summed E-state index contributed by atoms with van der Waals surface area (Å²) in [6, 6.07) is 12.4. The van der Waals surface area contributed by atoms with Crippen molar-refractivity contribution in [1.82, 2.24) is 4.98 Å². The number of carbonyl (C=O) groups is 1. The fraction of sp³-hybridized carbons (Fsp3) is 0.0526. The van der Waals surface area contributed by atoms with Crippen molar-refractivity contribution in [2.45, 2.75) is 0 Å². The maximum atomic E-state index is 12.8. The normalized spacial score (nSPS) is 11.3. The fourth-order valence-corrected chi connectivity index (χ4v) is 2.99. The number of H-pyrrole nitrogens is 1. The molecule has 0 aliphatic carbocycles. The number of nitrogens with zero attached hydrogens (tertiary/aromatic N) is 1. The number of Topliss-reactive ketones (excluding diaryl/α,β-unsaturated/α-hetero) is 1. The largest absolute Gasteiger partial charge is 0.504 e. The number of carbonyl (C=O) groups excluding carboxylic acids is 1. The van der Waals surface area contributed by atoms with Crippen LogP contribution in [0, 0.1) is 11.3 Å². The number of aromatic hydroxyl groups is 1. The van der Waals surface area contributed by atoms with E-state index in [9.17, 15) is 15.2 Å². The van der Waals surface area contributed by atoms with Gasteiger partial charge < -0.3 is 14.8 Å². The van der Waals surface area contributed by atoms with Gasteiger partial charge in [0.2, 0.25) is 5.78 Å². The van der Waals surface area contributed by atoms with E-state index in [1.165, 1.54) is 19.3 Å². The topological polar surface area (TPSA) is 86.1 Å². The fourth-order valence-electron chi connectivity index (χ4n) is 2.54. The van der Waals surface area contributed by atoms with E-state index in [-0.39, 0.29) is 22.9 Å². The smallest absolute Gasteiger partial charge is 0.205 e. The molecule has 6 heteroatoms. The molecule has 2 aromatic carbocycles. The zero-order valence-electron chi connectivity index (χ0n) is 13.2. The number of allylic oxidation sites excluding steroid dienone is 1. The number of phenolic OH excluding ortho intramolecular Hbond substituents is 1. The van der Waals surface area contributed by atoms with Crippen LogP contribution in [0.25, 0.3) is 17.0 Å². The molecule has 1 heterocycles. The number of aromatic nitrogens is 1. The first kappa shape index (κ1) is 16.8. The highest BCUT2D eigenvalue weighted by Gasteiger charge is 2.17. The number of rotatable bonds is 4. The molecule has 0 saturated heterocycles. The van der Waals surface area contributed by atoms with Crippen molar-refractivity contribution in [1.29, 1.82) is 5.26 Å². The SMILES string of the molecule is COc1cc(C=C(C#N)C(=O)c2c[nH]c3ccccc23)c(Br)cc1O. The Bertz CT molecular complexity index is 1040. The highest BCUT2D eigenvalue weighted by Crippen LogP contribution is 2.34. The molecule has 1 aromatic heterocycles. The Morgan fingerprint density at radius 3 is 2.84 bits per heavy atom. The summed E-state index contributed by atoms with van der Waals surface area (Å²) in [7, 11) is 1.43. The predicted molar refractivity (Wildman–Crippen MR) is 98.6 cm³/mol. The third kappa shape index (κ3) is 3.14. The monoisotopic (exact) mass is 396 g/mol. The van der Waals surface area contributed by atoms with Crippen molar-refractivity contribution in [3.05, 3.63) is 63.8 Å². The molecule has 25 heavy (non-hydrogen) atoms. The highest BCUT2D eigenvalue weighted by molar-refractivity contribution is 9.10. The molecule has 0 spiro atoms. The van der Waals surface area contributed by atoms with Crippen LogP contribution in [0.4, 0.5) is 0 Å². The number of para-hydroxylation sites is 1. The Morgan fingerprint density at radius 2 is 2.12 bits per heavy atom. The van der Waals surface area contributed by atoms with Crippen LogP contribution >= 0.6 is 15.9 Å². The second kappa shape index (κ2) is 6.83. The van der Waals surface area contributed by atoms with Gasteiger partial charge >= 0.3 is 0 Å². The first-order valence-electron chi connectivity index (χ1n) is 7.34. The number of fused-ring (bicyclic) bond motifs is 1. The zero-order chi connectivity index (χ0) is 18.0. The van der Waals surface area contributed by atoms with Crippen molar-refractivity contribution >= 4 is 38.7 Å². The number of hydrogen-bond donors (Lipinski definition) is 2. The lowest BCUT2D eigenvalue weighted by molar-refractivity contribution is 0.104. The van der Waals surface area contributed by atoms with Gasteiger partial charge in [0.05, 0.1) is 7.11 Å². The average Bonchev–Trinajstić information content (AvgIpc) is 3.04. The summed E-state index contributed by atoms with van der Waals surface area (Å²) >= 11 is 3.32. The van der Waals surface area contributed by atoms with E-state index in [0.29, 0.717) is 15.6 Å². The molecule has 0 bridgehead atoms. The van der Waals surface area contributed by atoms with E-state index in [0.717, 1.165) is 10.9 Å². The number of halogens is 1. The maximum absolute atomic E-state index is 12.8. The Balaban J connectivity index is 2.07. The van der Waals surface area contributed by atoms with Crippen LogP contribution in [0.15, 0.2) is 52.6 Å². The number of hydrogen-bond acceptors (Lipinski definition) is 4. The molecule has 124 valence electrons. The molecule has 0 amide bonds. The summed E-state index contributed by atoms with van der Waals surface area (Å²) in [6.07, 6.45) is 3.07. The van der Waals surface area contributed by atoms with Gasteiger partial charge in [0.15, 0.2) is 11.5 Å². The first-order chi connectivity index (χ1) is 12.0. The van der Waals surface area contributed by atoms with E-state index in [1.807, 2.05) is 30.3 Å². The summed E-state index contributed by atoms with van der Waals surface area (Å²) in [5.41, 5.74) is 1.80. The van der Waals surface area contributed by atoms with Crippen LogP contribution in [-0.2, 0) is 0 Å². The molecule has 0 aliphatic heterocycles. The van der Waals surface area contributed by atoms with Gasteiger partial charge in [0.1, 0.15) is 11.6 Å². The van der Waals surface area contributed by atoms with E-state index < -0.39 is 0 Å². The van der Waals surface area contributed by atoms with Crippen LogP contribution in [0.5, 0.6) is 11.5 Å². The molecule has 0 radical (unpaired) electrons. The number of ketones is 1. The van der Waals surface area contributed by atoms with Crippen molar-refractivity contribution in [2.75, 3.05) is 7.11 Å². The second-order valence-corrected chi connectivity index (χ2v) is 6.15. The van der Waals surface area contributed by atoms with Gasteiger partial charge in [-0.2, -0.15) is 5.26 Å². The summed E-state index contributed by atoms with van der Waals surface area (Å²) in [4.78, 5) is 15.8. The van der Waals surface area contributed by atoms with E-state index in [1.54, 1.807) is 12.3 Å². The standard InChI is InChI=1S/C19H13BrN2O3/c1-25-18-7-11(15(20)8-17(18)23)6-12(9-21)19(24)14-10-22-16-5-3-2-4-13(14)16/h2-8,10,22-23H,1H3. The zero-order valence-corrected chi connectivity index (χ0v) is 14.8. The van der Waals surface area contributed by atoms with Crippen molar-refractivity contribution in [3.8, 4) is 17.6 Å². The van der Waals surface area contributed by atoms with Crippen LogP contribution < -0.4 is 4.74 Å². The summed E-state index contributed by atoms with van der Waals surface area (Å²) < 4.78 is 5.62. The number of methoxy groups -OCH3 is 1. The van der Waals surface area contributed by atoms with E-state index in [4.69, 9.17) is 4.74 Å². The molecule has 3 aromatic rings. The molecule has 0 fully saturated rings. The Hall–Kier alpha value is -3.04. The molecule has 3 rings (SSSR count). The summed E-state index contributed by atoms with van der Waals surface area (Å²) in [5, 5.41) is 20.0. The van der Waals surface area contributed by atoms with Gasteiger partial charge in [-0.15, -0.1) is 0 Å². The number of ether oxygens (including phenoxy) is 1. The molecule has 5 nitrogen and oxygen atoms in total. The second-order valence-electron chi connectivity index (χ2n) is 5.29. The molecular formula is C19H13BrN2O3. The van der Waals surface area contributed by atoms with Gasteiger partial charge in [0.25, 0.3) is 0 Å². The van der Waals surface area contributed by atoms with Crippen molar-refractivity contribution in [2.24, 2.45) is 0 Å². The predicted octanol–water partition coefficient (Wildman–Crippen LogP) is 4.43. The minimum atomic E-state index is -0.376. The maximum Gasteiger partial charge on any atom is 0.205 e. The van der Waals surface area contributed by atoms with Gasteiger partial charge in [0, 0.05) is 27.1 Å². The summed E-state index contributed by atoms with van der Waals surface area (Å²) in [6.45, 7) is 0. The molecular weight excluding hydrogens is 384 g/mol. The highest BCUT2D eigenvalue weighted by atomic mass is 79.9. The van der Waals surface area contributed by atoms with Gasteiger partial charge in [-0.1, -0.05) is 34.1 Å².